The second kappa shape index (κ2) is 8.39. The van der Waals surface area contributed by atoms with Gasteiger partial charge in [-0.05, 0) is 36.6 Å². The molecule has 0 radical (unpaired) electrons. The number of benzene rings is 2. The Balaban J connectivity index is 1.41. The molecule has 1 saturated heterocycles. The number of fused-ring (bicyclic) bond motifs is 1. The maximum Gasteiger partial charge on any atom is 0.229 e. The minimum absolute atomic E-state index is 0.0598. The van der Waals surface area contributed by atoms with E-state index in [4.69, 9.17) is 4.74 Å². The van der Waals surface area contributed by atoms with Crippen molar-refractivity contribution >= 4 is 28.4 Å². The average molecular weight is 391 g/mol. The number of carbonyl (C=O) groups excluding carboxylic acids is 2. The zero-order valence-electron chi connectivity index (χ0n) is 16.5. The highest BCUT2D eigenvalue weighted by Gasteiger charge is 2.29. The van der Waals surface area contributed by atoms with Gasteiger partial charge in [0.05, 0.1) is 25.1 Å². The van der Waals surface area contributed by atoms with Crippen LogP contribution < -0.4 is 10.1 Å². The lowest BCUT2D eigenvalue weighted by Crippen LogP contribution is -2.44. The quantitative estimate of drug-likeness (QED) is 0.698. The Hall–Kier alpha value is -3.28. The van der Waals surface area contributed by atoms with Gasteiger partial charge < -0.3 is 19.9 Å². The van der Waals surface area contributed by atoms with Gasteiger partial charge in [0.1, 0.15) is 5.75 Å². The molecule has 3 aromatic rings. The molecular formula is C23H25N3O3. The van der Waals surface area contributed by atoms with E-state index in [2.05, 4.69) is 10.3 Å². The van der Waals surface area contributed by atoms with Crippen LogP contribution in [-0.2, 0) is 16.0 Å². The van der Waals surface area contributed by atoms with E-state index >= 15 is 0 Å². The topological polar surface area (TPSA) is 74.4 Å². The lowest BCUT2D eigenvalue weighted by Gasteiger charge is -2.32. The highest BCUT2D eigenvalue weighted by Crippen LogP contribution is 2.26. The van der Waals surface area contributed by atoms with Gasteiger partial charge in [-0.25, -0.2) is 0 Å². The van der Waals surface area contributed by atoms with Gasteiger partial charge >= 0.3 is 0 Å². The zero-order chi connectivity index (χ0) is 20.2. The van der Waals surface area contributed by atoms with E-state index in [1.165, 1.54) is 0 Å². The molecule has 150 valence electrons. The second-order valence-corrected chi connectivity index (χ2v) is 7.40. The first-order valence-electron chi connectivity index (χ1n) is 9.92. The molecule has 2 amide bonds. The van der Waals surface area contributed by atoms with Crippen molar-refractivity contribution in [1.29, 1.82) is 0 Å². The summed E-state index contributed by atoms with van der Waals surface area (Å²) in [4.78, 5) is 30.7. The fourth-order valence-electron chi connectivity index (χ4n) is 3.95. The number of amides is 2. The molecule has 1 atom stereocenters. The van der Waals surface area contributed by atoms with Crippen molar-refractivity contribution in [3.63, 3.8) is 0 Å². The Bertz CT molecular complexity index is 1030. The first kappa shape index (κ1) is 19.1. The predicted molar refractivity (Wildman–Crippen MR) is 113 cm³/mol. The summed E-state index contributed by atoms with van der Waals surface area (Å²) in [6.07, 6.45) is 3.84. The number of H-pyrrole nitrogens is 1. The molecule has 0 aliphatic carbocycles. The third kappa shape index (κ3) is 4.11. The summed E-state index contributed by atoms with van der Waals surface area (Å²) < 4.78 is 5.30. The number of hydrogen-bond acceptors (Lipinski definition) is 3. The second-order valence-electron chi connectivity index (χ2n) is 7.40. The minimum Gasteiger partial charge on any atom is -0.495 e. The fourth-order valence-corrected chi connectivity index (χ4v) is 3.95. The monoisotopic (exact) mass is 391 g/mol. The number of aromatic nitrogens is 1. The Morgan fingerprint density at radius 1 is 1.17 bits per heavy atom. The van der Waals surface area contributed by atoms with Crippen LogP contribution in [0.1, 0.15) is 18.4 Å². The van der Waals surface area contributed by atoms with Crippen LogP contribution in [0, 0.1) is 5.92 Å². The van der Waals surface area contributed by atoms with Crippen molar-refractivity contribution in [3.8, 4) is 5.75 Å². The SMILES string of the molecule is COc1ccccc1NC(=O)C1CCCN(C(=O)Cc2c[nH]c3ccccc23)C1. The van der Waals surface area contributed by atoms with Gasteiger partial charge in [0.2, 0.25) is 11.8 Å². The molecule has 2 aromatic carbocycles. The zero-order valence-corrected chi connectivity index (χ0v) is 16.5. The van der Waals surface area contributed by atoms with E-state index in [0.29, 0.717) is 30.9 Å². The Morgan fingerprint density at radius 2 is 1.97 bits per heavy atom. The van der Waals surface area contributed by atoms with Crippen LogP contribution in [-0.4, -0.2) is 41.9 Å². The van der Waals surface area contributed by atoms with Crippen molar-refractivity contribution in [3.05, 3.63) is 60.3 Å². The smallest absolute Gasteiger partial charge is 0.229 e. The number of nitrogens with zero attached hydrogens (tertiary/aromatic N) is 1. The van der Waals surface area contributed by atoms with Gasteiger partial charge in [0.15, 0.2) is 0 Å². The fraction of sp³-hybridized carbons (Fsp3) is 0.304. The van der Waals surface area contributed by atoms with Crippen molar-refractivity contribution < 1.29 is 14.3 Å². The third-order valence-corrected chi connectivity index (χ3v) is 5.53. The van der Waals surface area contributed by atoms with Crippen LogP contribution in [0.2, 0.25) is 0 Å². The highest BCUT2D eigenvalue weighted by atomic mass is 16.5. The molecule has 4 rings (SSSR count). The molecule has 1 unspecified atom stereocenters. The largest absolute Gasteiger partial charge is 0.495 e. The Kier molecular flexibility index (Phi) is 5.51. The predicted octanol–water partition coefficient (Wildman–Crippen LogP) is 3.60. The van der Waals surface area contributed by atoms with Crippen molar-refractivity contribution in [2.24, 2.45) is 5.92 Å². The molecule has 1 fully saturated rings. The summed E-state index contributed by atoms with van der Waals surface area (Å²) in [5, 5.41) is 4.03. The van der Waals surface area contributed by atoms with Gasteiger partial charge in [0, 0.05) is 30.2 Å². The molecule has 0 spiro atoms. The average Bonchev–Trinajstić information content (AvgIpc) is 3.17. The van der Waals surface area contributed by atoms with Crippen LogP contribution in [0.15, 0.2) is 54.7 Å². The van der Waals surface area contributed by atoms with Crippen LogP contribution in [0.4, 0.5) is 5.69 Å². The Morgan fingerprint density at radius 3 is 2.83 bits per heavy atom. The molecule has 2 N–H and O–H groups in total. The number of rotatable bonds is 5. The Labute approximate surface area is 169 Å². The molecule has 1 aliphatic heterocycles. The summed E-state index contributed by atoms with van der Waals surface area (Å²) in [7, 11) is 1.58. The van der Waals surface area contributed by atoms with Gasteiger partial charge in [-0.15, -0.1) is 0 Å². The number of para-hydroxylation sites is 3. The number of aromatic amines is 1. The van der Waals surface area contributed by atoms with E-state index in [0.717, 1.165) is 29.3 Å². The number of methoxy groups -OCH3 is 1. The molecule has 6 heteroatoms. The van der Waals surface area contributed by atoms with Crippen LogP contribution in [0.25, 0.3) is 10.9 Å². The molecule has 29 heavy (non-hydrogen) atoms. The molecule has 0 bridgehead atoms. The van der Waals surface area contributed by atoms with Crippen molar-refractivity contribution in [1.82, 2.24) is 9.88 Å². The van der Waals surface area contributed by atoms with Crippen LogP contribution in [0.5, 0.6) is 5.75 Å². The van der Waals surface area contributed by atoms with Gasteiger partial charge in [-0.1, -0.05) is 30.3 Å². The molecule has 1 aromatic heterocycles. The van der Waals surface area contributed by atoms with Gasteiger partial charge in [-0.3, -0.25) is 9.59 Å². The van der Waals surface area contributed by atoms with E-state index < -0.39 is 0 Å². The van der Waals surface area contributed by atoms with E-state index in [-0.39, 0.29) is 17.7 Å². The lowest BCUT2D eigenvalue weighted by molar-refractivity contribution is -0.133. The summed E-state index contributed by atoms with van der Waals surface area (Å²) in [6, 6.07) is 15.3. The number of carbonyl (C=O) groups is 2. The number of piperidine rings is 1. The summed E-state index contributed by atoms with van der Waals surface area (Å²) >= 11 is 0. The van der Waals surface area contributed by atoms with Gasteiger partial charge in [0.25, 0.3) is 0 Å². The summed E-state index contributed by atoms with van der Waals surface area (Å²) in [5.74, 6) is 0.396. The number of nitrogens with one attached hydrogen (secondary N) is 2. The maximum atomic E-state index is 12.9. The maximum absolute atomic E-state index is 12.9. The first-order valence-corrected chi connectivity index (χ1v) is 9.92. The number of likely N-dealkylation sites (tertiary alicyclic amines) is 1. The van der Waals surface area contributed by atoms with Crippen LogP contribution in [0.3, 0.4) is 0 Å². The molecular weight excluding hydrogens is 366 g/mol. The van der Waals surface area contributed by atoms with Gasteiger partial charge in [-0.2, -0.15) is 0 Å². The molecule has 0 saturated carbocycles. The standard InChI is InChI=1S/C23H25N3O3/c1-29-21-11-5-4-10-20(21)25-23(28)16-7-6-12-26(15-16)22(27)13-17-14-24-19-9-3-2-8-18(17)19/h2-5,8-11,14,16,24H,6-7,12-13,15H2,1H3,(H,25,28). The van der Waals surface area contributed by atoms with Crippen molar-refractivity contribution in [2.45, 2.75) is 19.3 Å². The number of hydrogen-bond donors (Lipinski definition) is 2. The molecule has 2 heterocycles. The van der Waals surface area contributed by atoms with E-state index in [1.807, 2.05) is 59.6 Å². The number of ether oxygens (including phenoxy) is 1. The molecule has 1 aliphatic rings. The third-order valence-electron chi connectivity index (χ3n) is 5.53. The van der Waals surface area contributed by atoms with Crippen LogP contribution >= 0.6 is 0 Å². The number of anilines is 1. The normalized spacial score (nSPS) is 16.6. The minimum atomic E-state index is -0.222. The van der Waals surface area contributed by atoms with E-state index in [1.54, 1.807) is 7.11 Å². The van der Waals surface area contributed by atoms with Crippen molar-refractivity contribution in [2.75, 3.05) is 25.5 Å². The first-order chi connectivity index (χ1) is 14.2. The summed E-state index contributed by atoms with van der Waals surface area (Å²) in [6.45, 7) is 1.14. The lowest BCUT2D eigenvalue weighted by atomic mass is 9.96. The summed E-state index contributed by atoms with van der Waals surface area (Å²) in [5.41, 5.74) is 2.68. The molecule has 6 nitrogen and oxygen atoms in total. The highest BCUT2D eigenvalue weighted by molar-refractivity contribution is 5.95. The van der Waals surface area contributed by atoms with E-state index in [9.17, 15) is 9.59 Å².